The zero-order valence-corrected chi connectivity index (χ0v) is 7.97. The fourth-order valence-corrected chi connectivity index (χ4v) is 1.58. The van der Waals surface area contributed by atoms with E-state index < -0.39 is 24.3 Å². The lowest BCUT2D eigenvalue weighted by molar-refractivity contribution is -0.129. The van der Waals surface area contributed by atoms with Gasteiger partial charge in [-0.3, -0.25) is 10.1 Å². The third-order valence-corrected chi connectivity index (χ3v) is 2.45. The number of aliphatic hydroxyl groups is 3. The normalized spacial score (nSPS) is 38.0. The Morgan fingerprint density at radius 2 is 2.14 bits per heavy atom. The second kappa shape index (κ2) is 4.70. The molecule has 0 aliphatic carbocycles. The molecule has 1 aliphatic heterocycles. The van der Waals surface area contributed by atoms with Gasteiger partial charge in [0.25, 0.3) is 0 Å². The predicted molar refractivity (Wildman–Crippen MR) is 48.5 cm³/mol. The largest absolute Gasteiger partial charge is 0.395 e. The lowest BCUT2D eigenvalue weighted by Gasteiger charge is -2.36. The fourth-order valence-electron chi connectivity index (χ4n) is 1.58. The highest BCUT2D eigenvalue weighted by atomic mass is 16.3. The first-order chi connectivity index (χ1) is 6.60. The summed E-state index contributed by atoms with van der Waals surface area (Å²) in [5, 5.41) is 32.9. The summed E-state index contributed by atoms with van der Waals surface area (Å²) in [5.74, 6) is -0.345. The molecule has 1 amide bonds. The van der Waals surface area contributed by atoms with Crippen molar-refractivity contribution in [3.05, 3.63) is 0 Å². The molecule has 1 saturated heterocycles. The summed E-state index contributed by atoms with van der Waals surface area (Å²) >= 11 is 0. The second-order valence-electron chi connectivity index (χ2n) is 3.42. The maximum atomic E-state index is 11.2. The topological polar surface area (TPSA) is 102 Å². The minimum Gasteiger partial charge on any atom is -0.395 e. The average molecular weight is 204 g/mol. The van der Waals surface area contributed by atoms with Gasteiger partial charge in [0.15, 0.2) is 0 Å². The number of hydrogen-bond donors (Lipinski definition) is 5. The highest BCUT2D eigenvalue weighted by Gasteiger charge is 2.37. The fraction of sp³-hybridized carbons (Fsp3) is 0.875. The van der Waals surface area contributed by atoms with E-state index >= 15 is 0 Å². The van der Waals surface area contributed by atoms with Crippen LogP contribution in [0.4, 0.5) is 0 Å². The standard InChI is InChI=1S/C8H16N2O4/c1-9-8(14)7-6(13)2-5(12)4(3-11)10-7/h4-7,10-13H,2-3H2,1H3,(H,9,14)/t4-,5+,6+,7+/m1/s1. The van der Waals surface area contributed by atoms with E-state index in [0.29, 0.717) is 0 Å². The molecule has 4 atom stereocenters. The molecule has 0 aromatic rings. The maximum absolute atomic E-state index is 11.2. The lowest BCUT2D eigenvalue weighted by atomic mass is 9.93. The Bertz CT molecular complexity index is 212. The monoisotopic (exact) mass is 204 g/mol. The number of aliphatic hydroxyl groups excluding tert-OH is 3. The minimum atomic E-state index is -0.923. The van der Waals surface area contributed by atoms with Gasteiger partial charge in [-0.2, -0.15) is 0 Å². The number of hydrogen-bond acceptors (Lipinski definition) is 5. The van der Waals surface area contributed by atoms with Crippen molar-refractivity contribution in [2.45, 2.75) is 30.7 Å². The molecule has 0 aromatic heterocycles. The summed E-state index contributed by atoms with van der Waals surface area (Å²) in [4.78, 5) is 11.2. The molecular formula is C8H16N2O4. The summed E-state index contributed by atoms with van der Waals surface area (Å²) in [6, 6.07) is -1.32. The molecule has 14 heavy (non-hydrogen) atoms. The first-order valence-corrected chi connectivity index (χ1v) is 4.54. The SMILES string of the molecule is CNC(=O)[C@H]1N[C@H](CO)[C@@H](O)C[C@@H]1O. The molecule has 1 fully saturated rings. The van der Waals surface area contributed by atoms with Gasteiger partial charge in [-0.25, -0.2) is 0 Å². The molecule has 6 heteroatoms. The molecule has 82 valence electrons. The van der Waals surface area contributed by atoms with E-state index in [4.69, 9.17) is 5.11 Å². The lowest BCUT2D eigenvalue weighted by Crippen LogP contribution is -2.63. The summed E-state index contributed by atoms with van der Waals surface area (Å²) < 4.78 is 0. The molecule has 0 bridgehead atoms. The predicted octanol–water partition coefficient (Wildman–Crippen LogP) is -2.82. The third-order valence-electron chi connectivity index (χ3n) is 2.45. The van der Waals surface area contributed by atoms with Crippen molar-refractivity contribution < 1.29 is 20.1 Å². The van der Waals surface area contributed by atoms with Crippen LogP contribution >= 0.6 is 0 Å². The van der Waals surface area contributed by atoms with Crippen LogP contribution in [0.2, 0.25) is 0 Å². The summed E-state index contributed by atoms with van der Waals surface area (Å²) in [7, 11) is 1.47. The molecular weight excluding hydrogens is 188 g/mol. The Morgan fingerprint density at radius 3 is 2.64 bits per heavy atom. The molecule has 0 unspecified atom stereocenters. The van der Waals surface area contributed by atoms with Crippen LogP contribution in [0.5, 0.6) is 0 Å². The van der Waals surface area contributed by atoms with Crippen LogP contribution in [0.15, 0.2) is 0 Å². The Balaban J connectivity index is 2.64. The summed E-state index contributed by atoms with van der Waals surface area (Å²) in [6.45, 7) is -0.263. The molecule has 6 nitrogen and oxygen atoms in total. The highest BCUT2D eigenvalue weighted by molar-refractivity contribution is 5.82. The van der Waals surface area contributed by atoms with Gasteiger partial charge in [0, 0.05) is 13.5 Å². The van der Waals surface area contributed by atoms with Gasteiger partial charge in [0.1, 0.15) is 6.04 Å². The van der Waals surface area contributed by atoms with Crippen molar-refractivity contribution in [2.24, 2.45) is 0 Å². The van der Waals surface area contributed by atoms with Crippen LogP contribution in [0, 0.1) is 0 Å². The number of carbonyl (C=O) groups excluding carboxylic acids is 1. The van der Waals surface area contributed by atoms with E-state index in [2.05, 4.69) is 10.6 Å². The Kier molecular flexibility index (Phi) is 3.82. The van der Waals surface area contributed by atoms with E-state index in [1.165, 1.54) is 7.05 Å². The smallest absolute Gasteiger partial charge is 0.239 e. The molecule has 0 aromatic carbocycles. The molecule has 0 spiro atoms. The highest BCUT2D eigenvalue weighted by Crippen LogP contribution is 2.14. The number of rotatable bonds is 2. The van der Waals surface area contributed by atoms with Crippen molar-refractivity contribution in [3.8, 4) is 0 Å². The Morgan fingerprint density at radius 1 is 1.50 bits per heavy atom. The molecule has 1 heterocycles. The first-order valence-electron chi connectivity index (χ1n) is 4.54. The molecule has 1 rings (SSSR count). The van der Waals surface area contributed by atoms with Gasteiger partial charge in [-0.05, 0) is 0 Å². The van der Waals surface area contributed by atoms with Crippen LogP contribution in [0.25, 0.3) is 0 Å². The van der Waals surface area contributed by atoms with Crippen molar-refractivity contribution in [1.29, 1.82) is 0 Å². The Labute approximate surface area is 81.9 Å². The van der Waals surface area contributed by atoms with Gasteiger partial charge >= 0.3 is 0 Å². The molecule has 0 saturated carbocycles. The zero-order chi connectivity index (χ0) is 10.7. The van der Waals surface area contributed by atoms with E-state index in [0.717, 1.165) is 0 Å². The van der Waals surface area contributed by atoms with E-state index in [9.17, 15) is 15.0 Å². The van der Waals surface area contributed by atoms with Crippen LogP contribution in [-0.2, 0) is 4.79 Å². The summed E-state index contributed by atoms with van der Waals surface area (Å²) in [6.07, 6.45) is -1.65. The quantitative estimate of drug-likeness (QED) is 0.334. The van der Waals surface area contributed by atoms with Crippen LogP contribution in [0.1, 0.15) is 6.42 Å². The second-order valence-corrected chi connectivity index (χ2v) is 3.42. The zero-order valence-electron chi connectivity index (χ0n) is 7.97. The van der Waals surface area contributed by atoms with E-state index in [1.54, 1.807) is 0 Å². The van der Waals surface area contributed by atoms with Gasteiger partial charge in [-0.15, -0.1) is 0 Å². The number of nitrogens with one attached hydrogen (secondary N) is 2. The maximum Gasteiger partial charge on any atom is 0.239 e. The molecule has 0 radical (unpaired) electrons. The van der Waals surface area contributed by atoms with Crippen molar-refractivity contribution in [2.75, 3.05) is 13.7 Å². The number of likely N-dealkylation sites (N-methyl/N-ethyl adjacent to an activating group) is 1. The van der Waals surface area contributed by atoms with Gasteiger partial charge in [0.2, 0.25) is 5.91 Å². The van der Waals surface area contributed by atoms with Gasteiger partial charge < -0.3 is 20.6 Å². The average Bonchev–Trinajstić information content (AvgIpc) is 2.17. The number of piperidine rings is 1. The number of amides is 1. The third kappa shape index (κ3) is 2.21. The van der Waals surface area contributed by atoms with E-state index in [-0.39, 0.29) is 18.9 Å². The first kappa shape index (κ1) is 11.4. The van der Waals surface area contributed by atoms with Crippen molar-refractivity contribution >= 4 is 5.91 Å². The van der Waals surface area contributed by atoms with Gasteiger partial charge in [-0.1, -0.05) is 0 Å². The van der Waals surface area contributed by atoms with Crippen molar-refractivity contribution in [3.63, 3.8) is 0 Å². The minimum absolute atomic E-state index is 0.0936. The van der Waals surface area contributed by atoms with Crippen LogP contribution < -0.4 is 10.6 Å². The van der Waals surface area contributed by atoms with E-state index in [1.807, 2.05) is 0 Å². The van der Waals surface area contributed by atoms with Crippen LogP contribution in [0.3, 0.4) is 0 Å². The van der Waals surface area contributed by atoms with Crippen LogP contribution in [-0.4, -0.2) is 59.2 Å². The van der Waals surface area contributed by atoms with Crippen molar-refractivity contribution in [1.82, 2.24) is 10.6 Å². The Hall–Kier alpha value is -0.690. The molecule has 1 aliphatic rings. The van der Waals surface area contributed by atoms with Gasteiger partial charge in [0.05, 0.1) is 24.9 Å². The molecule has 5 N–H and O–H groups in total. The summed E-state index contributed by atoms with van der Waals surface area (Å²) in [5.41, 5.74) is 0. The number of carbonyl (C=O) groups is 1.